The van der Waals surface area contributed by atoms with Gasteiger partial charge in [0.05, 0.1) is 24.8 Å². The summed E-state index contributed by atoms with van der Waals surface area (Å²) in [4.78, 5) is 6.57. The molecule has 0 spiro atoms. The molecule has 1 heterocycles. The van der Waals surface area contributed by atoms with Crippen LogP contribution in [0, 0.1) is 0 Å². The van der Waals surface area contributed by atoms with Crippen molar-refractivity contribution in [3.05, 3.63) is 51.8 Å². The highest BCUT2D eigenvalue weighted by Gasteiger charge is 2.16. The van der Waals surface area contributed by atoms with Gasteiger partial charge in [0.25, 0.3) is 0 Å². The van der Waals surface area contributed by atoms with E-state index in [0.717, 1.165) is 11.1 Å². The number of aliphatic imine (C=N–C) groups is 1. The molecular weight excluding hydrogens is 359 g/mol. The third-order valence-corrected chi connectivity index (χ3v) is 4.52. The Kier molecular flexibility index (Phi) is 6.70. The van der Waals surface area contributed by atoms with Crippen LogP contribution in [0.25, 0.3) is 0 Å². The zero-order chi connectivity index (χ0) is 18.6. The van der Waals surface area contributed by atoms with E-state index in [4.69, 9.17) is 28.9 Å². The summed E-state index contributed by atoms with van der Waals surface area (Å²) in [6.07, 6.45) is 3.83. The fraction of sp³-hybridized carbons (Fsp3) is 0.412. The van der Waals surface area contributed by atoms with Crippen LogP contribution >= 0.6 is 23.2 Å². The molecule has 1 aromatic carbocycles. The van der Waals surface area contributed by atoms with Gasteiger partial charge in [-0.2, -0.15) is 5.10 Å². The van der Waals surface area contributed by atoms with Gasteiger partial charge < -0.3 is 16.0 Å². The van der Waals surface area contributed by atoms with Crippen molar-refractivity contribution in [2.45, 2.75) is 19.0 Å². The molecule has 136 valence electrons. The summed E-state index contributed by atoms with van der Waals surface area (Å²) in [7, 11) is 5.91. The number of hydrogen-bond donors (Lipinski definition) is 2. The van der Waals surface area contributed by atoms with Gasteiger partial charge in [0.2, 0.25) is 0 Å². The molecule has 25 heavy (non-hydrogen) atoms. The molecule has 2 aromatic rings. The summed E-state index contributed by atoms with van der Waals surface area (Å²) in [6.45, 7) is 2.50. The highest BCUT2D eigenvalue weighted by atomic mass is 35.5. The predicted octanol–water partition coefficient (Wildman–Crippen LogP) is 3.00. The maximum Gasteiger partial charge on any atom is 0.189 e. The first-order valence-corrected chi connectivity index (χ1v) is 8.70. The minimum absolute atomic E-state index is 0.0790. The topological polar surface area (TPSA) is 71.5 Å². The van der Waals surface area contributed by atoms with Crippen LogP contribution in [0.4, 0.5) is 0 Å². The molecule has 2 atom stereocenters. The highest BCUT2D eigenvalue weighted by molar-refractivity contribution is 6.35. The quantitative estimate of drug-likeness (QED) is 0.594. The zero-order valence-corrected chi connectivity index (χ0v) is 16.4. The number of nitrogens with two attached hydrogens (primary N) is 1. The molecular formula is C17H24Cl2N6. The van der Waals surface area contributed by atoms with Gasteiger partial charge in [0.1, 0.15) is 0 Å². The lowest BCUT2D eigenvalue weighted by atomic mass is 10.1. The number of likely N-dealkylation sites (N-methyl/N-ethyl adjacent to an activating group) is 1. The first-order valence-electron chi connectivity index (χ1n) is 7.94. The molecule has 1 aromatic heterocycles. The van der Waals surface area contributed by atoms with Gasteiger partial charge in [-0.05, 0) is 38.7 Å². The van der Waals surface area contributed by atoms with E-state index >= 15 is 0 Å². The van der Waals surface area contributed by atoms with Gasteiger partial charge in [0.15, 0.2) is 5.96 Å². The minimum Gasteiger partial charge on any atom is -0.370 e. The average Bonchev–Trinajstić information content (AvgIpc) is 2.93. The molecule has 0 saturated carbocycles. The molecule has 0 fully saturated rings. The van der Waals surface area contributed by atoms with Gasteiger partial charge in [-0.1, -0.05) is 29.3 Å². The standard InChI is InChI=1S/C17H24Cl2N6/c1-11(14-6-5-13(18)7-15(14)19)23-17(20)21-9-16(24(2)3)12-8-22-25(4)10-12/h5-8,10-11,16H,9H2,1-4H3,(H3,20,21,23). The largest absolute Gasteiger partial charge is 0.370 e. The van der Waals surface area contributed by atoms with E-state index in [1.165, 1.54) is 0 Å². The van der Waals surface area contributed by atoms with Crippen LogP contribution in [0.1, 0.15) is 30.1 Å². The monoisotopic (exact) mass is 382 g/mol. The molecule has 0 radical (unpaired) electrons. The summed E-state index contributed by atoms with van der Waals surface area (Å²) in [5, 5.41) is 8.59. The molecule has 0 aliphatic heterocycles. The number of aryl methyl sites for hydroxylation is 1. The number of hydrogen-bond acceptors (Lipinski definition) is 3. The Morgan fingerprint density at radius 3 is 2.68 bits per heavy atom. The van der Waals surface area contributed by atoms with Crippen LogP contribution in [-0.4, -0.2) is 41.3 Å². The van der Waals surface area contributed by atoms with Crippen LogP contribution in [-0.2, 0) is 7.05 Å². The normalized spacial score (nSPS) is 14.6. The van der Waals surface area contributed by atoms with Crippen molar-refractivity contribution in [2.75, 3.05) is 20.6 Å². The van der Waals surface area contributed by atoms with Gasteiger partial charge in [-0.15, -0.1) is 0 Å². The van der Waals surface area contributed by atoms with Crippen molar-refractivity contribution < 1.29 is 0 Å². The Labute approximate surface area is 158 Å². The molecule has 0 bridgehead atoms. The Balaban J connectivity index is 2.04. The highest BCUT2D eigenvalue weighted by Crippen LogP contribution is 2.26. The third kappa shape index (κ3) is 5.36. The molecule has 6 nitrogen and oxygen atoms in total. The van der Waals surface area contributed by atoms with E-state index in [1.807, 2.05) is 46.5 Å². The molecule has 3 N–H and O–H groups in total. The van der Waals surface area contributed by atoms with Crippen LogP contribution in [0.15, 0.2) is 35.6 Å². The van der Waals surface area contributed by atoms with E-state index in [2.05, 4.69) is 20.3 Å². The molecule has 2 unspecified atom stereocenters. The second kappa shape index (κ2) is 8.56. The van der Waals surface area contributed by atoms with Gasteiger partial charge in [-0.3, -0.25) is 9.67 Å². The SMILES string of the molecule is CC(NC(N)=NCC(c1cnn(C)c1)N(C)C)c1ccc(Cl)cc1Cl. The molecule has 8 heteroatoms. The lowest BCUT2D eigenvalue weighted by molar-refractivity contribution is 0.306. The van der Waals surface area contributed by atoms with Crippen molar-refractivity contribution in [3.8, 4) is 0 Å². The van der Waals surface area contributed by atoms with E-state index in [0.29, 0.717) is 22.5 Å². The smallest absolute Gasteiger partial charge is 0.189 e. The fourth-order valence-electron chi connectivity index (χ4n) is 2.56. The fourth-order valence-corrected chi connectivity index (χ4v) is 3.13. The number of guanidine groups is 1. The molecule has 0 aliphatic rings. The average molecular weight is 383 g/mol. The van der Waals surface area contributed by atoms with Gasteiger partial charge in [0, 0.05) is 28.9 Å². The molecule has 0 amide bonds. The Bertz CT molecular complexity index is 740. The number of benzene rings is 1. The van der Waals surface area contributed by atoms with Gasteiger partial charge in [-0.25, -0.2) is 0 Å². The summed E-state index contributed by atoms with van der Waals surface area (Å²) in [6, 6.07) is 5.43. The number of nitrogens with zero attached hydrogens (tertiary/aromatic N) is 4. The first-order chi connectivity index (χ1) is 11.8. The Morgan fingerprint density at radius 2 is 2.12 bits per heavy atom. The lowest BCUT2D eigenvalue weighted by Gasteiger charge is -2.22. The second-order valence-corrected chi connectivity index (χ2v) is 7.03. The molecule has 2 rings (SSSR count). The van der Waals surface area contributed by atoms with Crippen molar-refractivity contribution >= 4 is 29.2 Å². The summed E-state index contributed by atoms with van der Waals surface area (Å²) in [5.74, 6) is 0.370. The van der Waals surface area contributed by atoms with Crippen molar-refractivity contribution in [1.29, 1.82) is 0 Å². The van der Waals surface area contributed by atoms with Crippen molar-refractivity contribution in [3.63, 3.8) is 0 Å². The number of nitrogens with one attached hydrogen (secondary N) is 1. The van der Waals surface area contributed by atoms with Crippen LogP contribution < -0.4 is 11.1 Å². The molecule has 0 saturated heterocycles. The zero-order valence-electron chi connectivity index (χ0n) is 14.9. The maximum atomic E-state index is 6.24. The summed E-state index contributed by atoms with van der Waals surface area (Å²) >= 11 is 12.2. The Morgan fingerprint density at radius 1 is 1.40 bits per heavy atom. The van der Waals surface area contributed by atoms with E-state index in [-0.39, 0.29) is 12.1 Å². The van der Waals surface area contributed by atoms with Crippen LogP contribution in [0.5, 0.6) is 0 Å². The lowest BCUT2D eigenvalue weighted by Crippen LogP contribution is -2.35. The third-order valence-electron chi connectivity index (χ3n) is 3.96. The number of aromatic nitrogens is 2. The minimum atomic E-state index is -0.0790. The second-order valence-electron chi connectivity index (χ2n) is 6.18. The van der Waals surface area contributed by atoms with Crippen molar-refractivity contribution in [1.82, 2.24) is 20.0 Å². The Hall–Kier alpha value is -1.76. The van der Waals surface area contributed by atoms with Crippen LogP contribution in [0.3, 0.4) is 0 Å². The summed E-state index contributed by atoms with van der Waals surface area (Å²) < 4.78 is 1.78. The number of rotatable bonds is 6. The summed E-state index contributed by atoms with van der Waals surface area (Å²) in [5.41, 5.74) is 8.07. The van der Waals surface area contributed by atoms with E-state index < -0.39 is 0 Å². The van der Waals surface area contributed by atoms with E-state index in [1.54, 1.807) is 16.8 Å². The first kappa shape index (κ1) is 19.6. The molecule has 0 aliphatic carbocycles. The van der Waals surface area contributed by atoms with Crippen molar-refractivity contribution in [2.24, 2.45) is 17.8 Å². The van der Waals surface area contributed by atoms with Gasteiger partial charge >= 0.3 is 0 Å². The number of halogens is 2. The van der Waals surface area contributed by atoms with Crippen LogP contribution in [0.2, 0.25) is 10.0 Å². The predicted molar refractivity (Wildman–Crippen MR) is 104 cm³/mol. The maximum absolute atomic E-state index is 6.24. The van der Waals surface area contributed by atoms with E-state index in [9.17, 15) is 0 Å².